The minimum absolute atomic E-state index is 0.0530. The first-order valence-corrected chi connectivity index (χ1v) is 8.68. The van der Waals surface area contributed by atoms with Crippen LogP contribution in [0.2, 0.25) is 0 Å². The third-order valence-electron chi connectivity index (χ3n) is 4.14. The van der Waals surface area contributed by atoms with Gasteiger partial charge in [-0.05, 0) is 32.4 Å². The standard InChI is InChI=1S/C17H20FN3OS/c1-12-16(23-11-19-12)17(22)20-14-6-4-8-21(10-14)9-13-5-2-3-7-15(13)18/h2-3,5,7,11,14H,4,6,8-10H2,1H3,(H,20,22). The summed E-state index contributed by atoms with van der Waals surface area (Å²) in [6.45, 7) is 4.10. The number of nitrogens with one attached hydrogen (secondary N) is 1. The summed E-state index contributed by atoms with van der Waals surface area (Å²) in [6.07, 6.45) is 1.96. The summed E-state index contributed by atoms with van der Waals surface area (Å²) in [6, 6.07) is 6.97. The molecule has 2 heterocycles. The average molecular weight is 333 g/mol. The maximum Gasteiger partial charge on any atom is 0.263 e. The predicted molar refractivity (Wildman–Crippen MR) is 89.0 cm³/mol. The van der Waals surface area contributed by atoms with Crippen LogP contribution in [0.15, 0.2) is 29.8 Å². The largest absolute Gasteiger partial charge is 0.347 e. The van der Waals surface area contributed by atoms with Crippen LogP contribution in [0.4, 0.5) is 4.39 Å². The van der Waals surface area contributed by atoms with E-state index < -0.39 is 0 Å². The van der Waals surface area contributed by atoms with Crippen LogP contribution in [-0.2, 0) is 6.54 Å². The molecule has 4 nitrogen and oxygen atoms in total. The summed E-state index contributed by atoms with van der Waals surface area (Å²) in [4.78, 5) is 19.3. The molecule has 0 spiro atoms. The number of hydrogen-bond acceptors (Lipinski definition) is 4. The number of benzene rings is 1. The van der Waals surface area contributed by atoms with Crippen molar-refractivity contribution in [3.8, 4) is 0 Å². The fraction of sp³-hybridized carbons (Fsp3) is 0.412. The van der Waals surface area contributed by atoms with E-state index >= 15 is 0 Å². The number of nitrogens with zero attached hydrogens (tertiary/aromatic N) is 2. The third-order valence-corrected chi connectivity index (χ3v) is 5.07. The van der Waals surface area contributed by atoms with Crippen LogP contribution in [0, 0.1) is 12.7 Å². The summed E-state index contributed by atoms with van der Waals surface area (Å²) in [5.74, 6) is -0.221. The van der Waals surface area contributed by atoms with E-state index in [9.17, 15) is 9.18 Å². The van der Waals surface area contributed by atoms with Gasteiger partial charge in [0, 0.05) is 24.7 Å². The Balaban J connectivity index is 1.59. The number of aromatic nitrogens is 1. The van der Waals surface area contributed by atoms with Gasteiger partial charge in [0.2, 0.25) is 0 Å². The zero-order chi connectivity index (χ0) is 16.2. The number of rotatable bonds is 4. The molecule has 122 valence electrons. The third kappa shape index (κ3) is 3.95. The maximum atomic E-state index is 13.8. The van der Waals surface area contributed by atoms with Gasteiger partial charge < -0.3 is 5.32 Å². The van der Waals surface area contributed by atoms with Gasteiger partial charge >= 0.3 is 0 Å². The van der Waals surface area contributed by atoms with E-state index in [4.69, 9.17) is 0 Å². The topological polar surface area (TPSA) is 45.2 Å². The first-order chi connectivity index (χ1) is 11.1. The number of thiazole rings is 1. The Labute approximate surface area is 139 Å². The zero-order valence-electron chi connectivity index (χ0n) is 13.1. The molecule has 23 heavy (non-hydrogen) atoms. The molecule has 2 aromatic rings. The highest BCUT2D eigenvalue weighted by Crippen LogP contribution is 2.17. The SMILES string of the molecule is Cc1ncsc1C(=O)NC1CCCN(Cc2ccccc2F)C1. The van der Waals surface area contributed by atoms with Gasteiger partial charge in [-0.2, -0.15) is 0 Å². The fourth-order valence-electron chi connectivity index (χ4n) is 2.96. The number of carbonyl (C=O) groups excluding carboxylic acids is 1. The van der Waals surface area contributed by atoms with Gasteiger partial charge in [-0.15, -0.1) is 11.3 Å². The number of likely N-dealkylation sites (tertiary alicyclic amines) is 1. The lowest BCUT2D eigenvalue weighted by Gasteiger charge is -2.33. The molecule has 1 aromatic heterocycles. The van der Waals surface area contributed by atoms with Gasteiger partial charge in [-0.1, -0.05) is 18.2 Å². The summed E-state index contributed by atoms with van der Waals surface area (Å²) in [5, 5.41) is 3.09. The molecular formula is C17H20FN3OS. The molecule has 0 aliphatic carbocycles. The van der Waals surface area contributed by atoms with E-state index in [1.807, 2.05) is 19.1 Å². The van der Waals surface area contributed by atoms with Crippen molar-refractivity contribution in [3.63, 3.8) is 0 Å². The van der Waals surface area contributed by atoms with Crippen LogP contribution < -0.4 is 5.32 Å². The van der Waals surface area contributed by atoms with Gasteiger partial charge in [0.15, 0.2) is 0 Å². The lowest BCUT2D eigenvalue weighted by Crippen LogP contribution is -2.47. The van der Waals surface area contributed by atoms with Crippen molar-refractivity contribution in [2.75, 3.05) is 13.1 Å². The Bertz CT molecular complexity index is 688. The quantitative estimate of drug-likeness (QED) is 0.935. The molecule has 0 radical (unpaired) electrons. The Morgan fingerprint density at radius 2 is 2.30 bits per heavy atom. The lowest BCUT2D eigenvalue weighted by atomic mass is 10.0. The number of carbonyl (C=O) groups is 1. The van der Waals surface area contributed by atoms with Gasteiger partial charge in [-0.3, -0.25) is 9.69 Å². The van der Waals surface area contributed by atoms with Gasteiger partial charge in [0.25, 0.3) is 5.91 Å². The minimum Gasteiger partial charge on any atom is -0.347 e. The first-order valence-electron chi connectivity index (χ1n) is 7.80. The highest BCUT2D eigenvalue weighted by Gasteiger charge is 2.23. The summed E-state index contributed by atoms with van der Waals surface area (Å²) in [5.41, 5.74) is 3.17. The van der Waals surface area contributed by atoms with Crippen LogP contribution >= 0.6 is 11.3 Å². The molecule has 6 heteroatoms. The van der Waals surface area contributed by atoms with Crippen molar-refractivity contribution in [2.45, 2.75) is 32.4 Å². The molecule has 1 atom stereocenters. The van der Waals surface area contributed by atoms with Crippen molar-refractivity contribution >= 4 is 17.2 Å². The molecule has 1 amide bonds. The second-order valence-corrected chi connectivity index (χ2v) is 6.76. The number of amides is 1. The van der Waals surface area contributed by atoms with E-state index in [0.717, 1.165) is 31.6 Å². The van der Waals surface area contributed by atoms with E-state index in [1.54, 1.807) is 11.6 Å². The summed E-state index contributed by atoms with van der Waals surface area (Å²) >= 11 is 1.37. The van der Waals surface area contributed by atoms with Crippen LogP contribution in [0.1, 0.15) is 33.8 Å². The van der Waals surface area contributed by atoms with E-state index in [0.29, 0.717) is 17.0 Å². The van der Waals surface area contributed by atoms with Gasteiger partial charge in [-0.25, -0.2) is 9.37 Å². The lowest BCUT2D eigenvalue weighted by molar-refractivity contribution is 0.0903. The van der Waals surface area contributed by atoms with Crippen molar-refractivity contribution < 1.29 is 9.18 Å². The van der Waals surface area contributed by atoms with E-state index in [2.05, 4.69) is 15.2 Å². The van der Waals surface area contributed by atoms with Crippen molar-refractivity contribution in [3.05, 3.63) is 51.7 Å². The van der Waals surface area contributed by atoms with Crippen LogP contribution in [0.5, 0.6) is 0 Å². The van der Waals surface area contributed by atoms with Crippen LogP contribution in [-0.4, -0.2) is 34.9 Å². The first kappa shape index (κ1) is 16.1. The second-order valence-electron chi connectivity index (χ2n) is 5.91. The molecule has 1 aromatic carbocycles. The fourth-order valence-corrected chi connectivity index (χ4v) is 3.66. The zero-order valence-corrected chi connectivity index (χ0v) is 13.9. The molecule has 1 fully saturated rings. The molecule has 1 aliphatic heterocycles. The number of piperidine rings is 1. The molecule has 0 saturated carbocycles. The monoisotopic (exact) mass is 333 g/mol. The average Bonchev–Trinajstić information content (AvgIpc) is 2.96. The summed E-state index contributed by atoms with van der Waals surface area (Å²) in [7, 11) is 0. The number of aryl methyl sites for hydroxylation is 1. The highest BCUT2D eigenvalue weighted by atomic mass is 32.1. The Morgan fingerprint density at radius 1 is 1.48 bits per heavy atom. The Morgan fingerprint density at radius 3 is 3.04 bits per heavy atom. The molecule has 1 aliphatic rings. The Hall–Kier alpha value is -1.79. The van der Waals surface area contributed by atoms with Gasteiger partial charge in [0.1, 0.15) is 10.7 Å². The second kappa shape index (κ2) is 7.19. The van der Waals surface area contributed by atoms with E-state index in [1.165, 1.54) is 17.4 Å². The smallest absolute Gasteiger partial charge is 0.263 e. The molecule has 1 saturated heterocycles. The van der Waals surface area contributed by atoms with Gasteiger partial charge in [0.05, 0.1) is 11.2 Å². The van der Waals surface area contributed by atoms with Crippen LogP contribution in [0.25, 0.3) is 0 Å². The predicted octanol–water partition coefficient (Wildman–Crippen LogP) is 2.99. The Kier molecular flexibility index (Phi) is 5.03. The number of hydrogen-bond donors (Lipinski definition) is 1. The minimum atomic E-state index is -0.168. The van der Waals surface area contributed by atoms with Crippen molar-refractivity contribution in [1.82, 2.24) is 15.2 Å². The normalized spacial score (nSPS) is 18.8. The van der Waals surface area contributed by atoms with Crippen molar-refractivity contribution in [2.24, 2.45) is 0 Å². The van der Waals surface area contributed by atoms with Crippen molar-refractivity contribution in [1.29, 1.82) is 0 Å². The summed E-state index contributed by atoms with van der Waals surface area (Å²) < 4.78 is 13.8. The molecular weight excluding hydrogens is 313 g/mol. The highest BCUT2D eigenvalue weighted by molar-refractivity contribution is 7.11. The molecule has 3 rings (SSSR count). The molecule has 1 unspecified atom stereocenters. The van der Waals surface area contributed by atoms with E-state index in [-0.39, 0.29) is 17.8 Å². The maximum absolute atomic E-state index is 13.8. The van der Waals surface area contributed by atoms with Crippen LogP contribution in [0.3, 0.4) is 0 Å². The molecule has 0 bridgehead atoms. The molecule has 1 N–H and O–H groups in total. The number of halogens is 1.